The third-order valence-electron chi connectivity index (χ3n) is 4.86. The molecular weight excluding hydrogens is 320 g/mol. The lowest BCUT2D eigenvalue weighted by atomic mass is 9.94. The molecule has 1 amide bonds. The molecule has 0 aliphatic heterocycles. The van der Waals surface area contributed by atoms with Crippen molar-refractivity contribution in [1.29, 1.82) is 0 Å². The highest BCUT2D eigenvalue weighted by Gasteiger charge is 2.29. The highest BCUT2D eigenvalue weighted by Crippen LogP contribution is 2.15. The molecule has 0 saturated carbocycles. The number of aryl methyl sites for hydroxylation is 1. The van der Waals surface area contributed by atoms with Crippen molar-refractivity contribution in [3.8, 4) is 0 Å². The summed E-state index contributed by atoms with van der Waals surface area (Å²) in [6, 6.07) is 0.564. The third-order valence-corrected chi connectivity index (χ3v) is 4.86. The van der Waals surface area contributed by atoms with Crippen LogP contribution in [0.15, 0.2) is 10.9 Å². The minimum atomic E-state index is -1.07. The van der Waals surface area contributed by atoms with Crippen LogP contribution in [0.4, 0.5) is 0 Å². The normalized spacial score (nSPS) is 12.2. The Morgan fingerprint density at radius 1 is 1.20 bits per heavy atom. The molecule has 0 saturated heterocycles. The highest BCUT2D eigenvalue weighted by atomic mass is 16.4. The van der Waals surface area contributed by atoms with Crippen molar-refractivity contribution in [2.24, 2.45) is 5.92 Å². The van der Waals surface area contributed by atoms with Crippen LogP contribution in [0.2, 0.25) is 0 Å². The van der Waals surface area contributed by atoms with Gasteiger partial charge in [0.2, 0.25) is 0 Å². The van der Waals surface area contributed by atoms with Crippen LogP contribution in [0.5, 0.6) is 0 Å². The lowest BCUT2D eigenvalue weighted by Crippen LogP contribution is -2.47. The van der Waals surface area contributed by atoms with Gasteiger partial charge in [-0.05, 0) is 37.8 Å². The molecule has 1 aromatic heterocycles. The first-order valence-electron chi connectivity index (χ1n) is 9.03. The van der Waals surface area contributed by atoms with Gasteiger partial charge in [0.1, 0.15) is 11.6 Å². The number of aliphatic carboxylic acids is 1. The van der Waals surface area contributed by atoms with Gasteiger partial charge in [0.25, 0.3) is 11.5 Å². The van der Waals surface area contributed by atoms with Gasteiger partial charge >= 0.3 is 5.97 Å². The minimum Gasteiger partial charge on any atom is -0.480 e. The second-order valence-corrected chi connectivity index (χ2v) is 6.50. The number of carbonyl (C=O) groups is 2. The Labute approximate surface area is 149 Å². The average Bonchev–Trinajstić information content (AvgIpc) is 2.57. The van der Waals surface area contributed by atoms with Gasteiger partial charge in [0, 0.05) is 12.2 Å². The van der Waals surface area contributed by atoms with Crippen LogP contribution in [0.3, 0.4) is 0 Å². The van der Waals surface area contributed by atoms with E-state index in [-0.39, 0.29) is 17.0 Å². The van der Waals surface area contributed by atoms with Gasteiger partial charge in [-0.3, -0.25) is 9.59 Å². The van der Waals surface area contributed by atoms with Gasteiger partial charge in [0.15, 0.2) is 0 Å². The number of nitrogens with one attached hydrogen (secondary N) is 1. The van der Waals surface area contributed by atoms with E-state index < -0.39 is 17.9 Å². The van der Waals surface area contributed by atoms with E-state index in [0.29, 0.717) is 19.4 Å². The quantitative estimate of drug-likeness (QED) is 0.717. The summed E-state index contributed by atoms with van der Waals surface area (Å²) in [5.74, 6) is -1.86. The first-order valence-corrected chi connectivity index (χ1v) is 9.03. The van der Waals surface area contributed by atoms with Crippen LogP contribution >= 0.6 is 0 Å². The van der Waals surface area contributed by atoms with Crippen LogP contribution in [0.1, 0.15) is 68.1 Å². The number of carbonyl (C=O) groups excluding carboxylic acids is 1. The maximum absolute atomic E-state index is 12.7. The number of unbranched alkanes of at least 4 members (excludes halogenated alkanes) is 1. The van der Waals surface area contributed by atoms with E-state index >= 15 is 0 Å². The highest BCUT2D eigenvalue weighted by molar-refractivity contribution is 5.96. The van der Waals surface area contributed by atoms with Crippen molar-refractivity contribution in [2.45, 2.75) is 72.9 Å². The first kappa shape index (κ1) is 20.9. The third kappa shape index (κ3) is 4.94. The molecule has 1 atom stereocenters. The zero-order valence-electron chi connectivity index (χ0n) is 15.9. The Morgan fingerprint density at radius 2 is 1.80 bits per heavy atom. The lowest BCUT2D eigenvalue weighted by Gasteiger charge is -2.23. The number of pyridine rings is 1. The fourth-order valence-corrected chi connectivity index (χ4v) is 3.00. The number of hydrogen-bond donors (Lipinski definition) is 2. The van der Waals surface area contributed by atoms with Crippen LogP contribution in [-0.4, -0.2) is 27.6 Å². The fourth-order valence-electron chi connectivity index (χ4n) is 3.00. The Kier molecular flexibility index (Phi) is 7.87. The van der Waals surface area contributed by atoms with Gasteiger partial charge in [0.05, 0.1) is 0 Å². The Hall–Kier alpha value is -2.11. The molecule has 0 bridgehead atoms. The molecule has 1 aromatic rings. The number of carboxylic acids is 1. The van der Waals surface area contributed by atoms with Crippen molar-refractivity contribution < 1.29 is 14.7 Å². The molecule has 25 heavy (non-hydrogen) atoms. The molecule has 0 aliphatic rings. The Morgan fingerprint density at radius 3 is 2.28 bits per heavy atom. The summed E-state index contributed by atoms with van der Waals surface area (Å²) >= 11 is 0. The smallest absolute Gasteiger partial charge is 0.326 e. The molecule has 0 spiro atoms. The topological polar surface area (TPSA) is 88.4 Å². The maximum Gasteiger partial charge on any atom is 0.326 e. The summed E-state index contributed by atoms with van der Waals surface area (Å²) in [5.41, 5.74) is 1.33. The predicted molar refractivity (Wildman–Crippen MR) is 98.0 cm³/mol. The largest absolute Gasteiger partial charge is 0.480 e. The predicted octanol–water partition coefficient (Wildman–Crippen LogP) is 2.88. The second-order valence-electron chi connectivity index (χ2n) is 6.50. The molecule has 2 N–H and O–H groups in total. The Bertz CT molecular complexity index is 675. The van der Waals surface area contributed by atoms with E-state index in [0.717, 1.165) is 24.1 Å². The fraction of sp³-hybridized carbons (Fsp3) is 0.632. The van der Waals surface area contributed by atoms with Crippen molar-refractivity contribution >= 4 is 11.9 Å². The van der Waals surface area contributed by atoms with Gasteiger partial charge in [-0.15, -0.1) is 0 Å². The van der Waals surface area contributed by atoms with Gasteiger partial charge < -0.3 is 15.0 Å². The van der Waals surface area contributed by atoms with Gasteiger partial charge in [-0.2, -0.15) is 0 Å². The number of rotatable bonds is 9. The first-order chi connectivity index (χ1) is 11.8. The van der Waals surface area contributed by atoms with E-state index in [2.05, 4.69) is 5.32 Å². The number of nitrogens with zero attached hydrogens (tertiary/aromatic N) is 1. The summed E-state index contributed by atoms with van der Waals surface area (Å²) in [6.45, 7) is 10.1. The summed E-state index contributed by atoms with van der Waals surface area (Å²) in [6.07, 6.45) is 3.07. The van der Waals surface area contributed by atoms with Gasteiger partial charge in [-0.25, -0.2) is 4.79 Å². The molecular formula is C19H30N2O4. The van der Waals surface area contributed by atoms with Crippen LogP contribution in [0, 0.1) is 19.8 Å². The molecule has 1 unspecified atom stereocenters. The van der Waals surface area contributed by atoms with E-state index in [4.69, 9.17) is 0 Å². The molecule has 0 aliphatic carbocycles. The number of carboxylic acid groups (broad SMARTS) is 1. The second kappa shape index (κ2) is 9.39. The molecule has 0 aromatic carbocycles. The molecule has 140 valence electrons. The standard InChI is InChI=1S/C19H30N2O4/c1-6-9-10-21-13(5)12(4)11-15(18(21)23)17(22)20-16(19(24)25)14(7-2)8-3/h11,14,16H,6-10H2,1-5H3,(H,20,22)(H,24,25). The molecule has 1 heterocycles. The molecule has 6 nitrogen and oxygen atoms in total. The van der Waals surface area contributed by atoms with Crippen LogP contribution in [-0.2, 0) is 11.3 Å². The SMILES string of the molecule is CCCCn1c(C)c(C)cc(C(=O)NC(C(=O)O)C(CC)CC)c1=O. The van der Waals surface area contributed by atoms with Crippen molar-refractivity contribution in [3.63, 3.8) is 0 Å². The van der Waals surface area contributed by atoms with Crippen LogP contribution < -0.4 is 10.9 Å². The van der Waals surface area contributed by atoms with E-state index in [1.807, 2.05) is 34.6 Å². The summed E-state index contributed by atoms with van der Waals surface area (Å²) < 4.78 is 1.61. The monoisotopic (exact) mass is 350 g/mol. The van der Waals surface area contributed by atoms with Crippen LogP contribution in [0.25, 0.3) is 0 Å². The maximum atomic E-state index is 12.7. The number of aromatic nitrogens is 1. The van der Waals surface area contributed by atoms with Crippen molar-refractivity contribution in [3.05, 3.63) is 33.2 Å². The van der Waals surface area contributed by atoms with Crippen molar-refractivity contribution in [2.75, 3.05) is 0 Å². The number of amides is 1. The van der Waals surface area contributed by atoms with Crippen molar-refractivity contribution in [1.82, 2.24) is 9.88 Å². The van der Waals surface area contributed by atoms with Gasteiger partial charge in [-0.1, -0.05) is 40.0 Å². The summed E-state index contributed by atoms with van der Waals surface area (Å²) in [7, 11) is 0. The number of hydrogen-bond acceptors (Lipinski definition) is 3. The molecule has 6 heteroatoms. The average molecular weight is 350 g/mol. The van der Waals surface area contributed by atoms with E-state index in [1.54, 1.807) is 10.6 Å². The summed E-state index contributed by atoms with van der Waals surface area (Å²) in [4.78, 5) is 36.9. The molecule has 0 fully saturated rings. The molecule has 1 rings (SSSR count). The van der Waals surface area contributed by atoms with E-state index in [9.17, 15) is 19.5 Å². The zero-order valence-corrected chi connectivity index (χ0v) is 15.9. The zero-order chi connectivity index (χ0) is 19.1. The Balaban J connectivity index is 3.22. The van der Waals surface area contributed by atoms with E-state index in [1.165, 1.54) is 0 Å². The molecule has 0 radical (unpaired) electrons. The minimum absolute atomic E-state index is 0.0106. The summed E-state index contributed by atoms with van der Waals surface area (Å²) in [5, 5.41) is 12.0. The lowest BCUT2D eigenvalue weighted by molar-refractivity contribution is -0.140.